The lowest BCUT2D eigenvalue weighted by molar-refractivity contribution is -0.190. The predicted molar refractivity (Wildman–Crippen MR) is 81.1 cm³/mol. The summed E-state index contributed by atoms with van der Waals surface area (Å²) in [4.78, 5) is 25.5. The van der Waals surface area contributed by atoms with E-state index in [0.29, 0.717) is 18.6 Å². The Morgan fingerprint density at radius 1 is 1.45 bits per heavy atom. The standard InChI is InChI=1S/C17H24O5/c1-5-7-11-8-17(22-10-21-6-2)9-12(18)16(3,4)13(14(11)19)15(17)20/h5,8,12-13,18H,1,6-7,9-10H2,2-4H3/t12-,13-,17+/m1/s1. The fraction of sp³-hybridized carbons (Fsp3) is 0.647. The van der Waals surface area contributed by atoms with Gasteiger partial charge < -0.3 is 14.6 Å². The van der Waals surface area contributed by atoms with Gasteiger partial charge in [-0.25, -0.2) is 0 Å². The summed E-state index contributed by atoms with van der Waals surface area (Å²) in [6.45, 7) is 9.40. The number of ether oxygens (including phenoxy) is 2. The molecule has 2 bridgehead atoms. The third kappa shape index (κ3) is 2.57. The SMILES string of the molecule is C=CCC1=C[C@]2(OCOCC)C[C@@H](O)C(C)(C)[C@H](C1=O)C2=O. The summed E-state index contributed by atoms with van der Waals surface area (Å²) in [6, 6.07) is 0. The van der Waals surface area contributed by atoms with E-state index in [0.717, 1.165) is 0 Å². The molecule has 0 radical (unpaired) electrons. The van der Waals surface area contributed by atoms with Crippen LogP contribution in [0, 0.1) is 11.3 Å². The Hall–Kier alpha value is -1.30. The van der Waals surface area contributed by atoms with Gasteiger partial charge in [0, 0.05) is 18.4 Å². The van der Waals surface area contributed by atoms with Crippen molar-refractivity contribution in [3.63, 3.8) is 0 Å². The molecule has 0 aliphatic heterocycles. The maximum atomic E-state index is 12.9. The summed E-state index contributed by atoms with van der Waals surface area (Å²) >= 11 is 0. The second kappa shape index (κ2) is 6.07. The average Bonchev–Trinajstić information content (AvgIpc) is 2.44. The molecule has 0 saturated heterocycles. The van der Waals surface area contributed by atoms with Gasteiger partial charge in [0.05, 0.1) is 12.0 Å². The fourth-order valence-electron chi connectivity index (χ4n) is 3.27. The number of rotatable bonds is 6. The van der Waals surface area contributed by atoms with Gasteiger partial charge >= 0.3 is 0 Å². The Labute approximate surface area is 131 Å². The van der Waals surface area contributed by atoms with Crippen molar-refractivity contribution in [1.29, 1.82) is 0 Å². The monoisotopic (exact) mass is 308 g/mol. The number of aliphatic hydroxyl groups is 1. The third-order valence-corrected chi connectivity index (χ3v) is 4.73. The molecule has 22 heavy (non-hydrogen) atoms. The summed E-state index contributed by atoms with van der Waals surface area (Å²) in [6.07, 6.45) is 2.91. The molecule has 0 unspecified atom stereocenters. The Balaban J connectivity index is 2.47. The number of carbonyl (C=O) groups excluding carboxylic acids is 2. The largest absolute Gasteiger partial charge is 0.392 e. The quantitative estimate of drug-likeness (QED) is 0.350. The molecule has 0 heterocycles. The van der Waals surface area contributed by atoms with Crippen LogP contribution in [0.1, 0.15) is 33.6 Å². The van der Waals surface area contributed by atoms with E-state index >= 15 is 0 Å². The lowest BCUT2D eigenvalue weighted by atomic mass is 9.56. The Bertz CT molecular complexity index is 519. The molecule has 0 amide bonds. The minimum Gasteiger partial charge on any atom is -0.392 e. The van der Waals surface area contributed by atoms with Crippen LogP contribution < -0.4 is 0 Å². The Kier molecular flexibility index (Phi) is 4.70. The Morgan fingerprint density at radius 2 is 2.14 bits per heavy atom. The second-order valence-electron chi connectivity index (χ2n) is 6.51. The van der Waals surface area contributed by atoms with Crippen LogP contribution in [0.15, 0.2) is 24.3 Å². The van der Waals surface area contributed by atoms with Crippen LogP contribution in [0.4, 0.5) is 0 Å². The molecule has 0 aromatic carbocycles. The van der Waals surface area contributed by atoms with Crippen molar-refractivity contribution < 1.29 is 24.2 Å². The maximum absolute atomic E-state index is 12.9. The number of ketones is 2. The average molecular weight is 308 g/mol. The highest BCUT2D eigenvalue weighted by molar-refractivity contribution is 6.18. The molecule has 0 spiro atoms. The zero-order valence-electron chi connectivity index (χ0n) is 13.4. The second-order valence-corrected chi connectivity index (χ2v) is 6.51. The van der Waals surface area contributed by atoms with E-state index in [1.807, 2.05) is 6.92 Å². The van der Waals surface area contributed by atoms with Crippen molar-refractivity contribution in [2.75, 3.05) is 13.4 Å². The van der Waals surface area contributed by atoms with Crippen molar-refractivity contribution in [1.82, 2.24) is 0 Å². The van der Waals surface area contributed by atoms with Gasteiger partial charge in [-0.05, 0) is 25.0 Å². The molecule has 1 saturated carbocycles. The highest BCUT2D eigenvalue weighted by Gasteiger charge is 2.61. The first-order valence-corrected chi connectivity index (χ1v) is 7.61. The van der Waals surface area contributed by atoms with Crippen molar-refractivity contribution >= 4 is 11.6 Å². The third-order valence-electron chi connectivity index (χ3n) is 4.73. The molecular formula is C17H24O5. The van der Waals surface area contributed by atoms with Crippen LogP contribution in [-0.2, 0) is 19.1 Å². The number of Topliss-reactive ketones (excluding diaryl/α,β-unsaturated/α-hetero) is 2. The first-order chi connectivity index (χ1) is 10.3. The van der Waals surface area contributed by atoms with E-state index in [2.05, 4.69) is 6.58 Å². The molecule has 2 aliphatic carbocycles. The predicted octanol–water partition coefficient (Wildman–Crippen LogP) is 1.80. The molecular weight excluding hydrogens is 284 g/mol. The zero-order chi connectivity index (χ0) is 16.5. The van der Waals surface area contributed by atoms with Gasteiger partial charge in [-0.15, -0.1) is 6.58 Å². The number of carbonyl (C=O) groups is 2. The highest BCUT2D eigenvalue weighted by atomic mass is 16.7. The normalized spacial score (nSPS) is 33.5. The van der Waals surface area contributed by atoms with Gasteiger partial charge in [-0.2, -0.15) is 0 Å². The van der Waals surface area contributed by atoms with Gasteiger partial charge in [0.1, 0.15) is 6.79 Å². The first kappa shape index (κ1) is 17.1. The van der Waals surface area contributed by atoms with Crippen LogP contribution in [0.3, 0.4) is 0 Å². The molecule has 3 atom stereocenters. The molecule has 5 nitrogen and oxygen atoms in total. The number of hydrogen-bond acceptors (Lipinski definition) is 5. The van der Waals surface area contributed by atoms with E-state index in [-0.39, 0.29) is 24.8 Å². The molecule has 0 aromatic rings. The van der Waals surface area contributed by atoms with E-state index in [1.165, 1.54) is 0 Å². The minimum atomic E-state index is -1.28. The van der Waals surface area contributed by atoms with Crippen LogP contribution >= 0.6 is 0 Å². The van der Waals surface area contributed by atoms with E-state index in [4.69, 9.17) is 9.47 Å². The lowest BCUT2D eigenvalue weighted by Crippen LogP contribution is -2.63. The van der Waals surface area contributed by atoms with Crippen molar-refractivity contribution in [3.8, 4) is 0 Å². The van der Waals surface area contributed by atoms with Gasteiger partial charge in [-0.1, -0.05) is 19.9 Å². The number of aliphatic hydroxyl groups excluding tert-OH is 1. The number of allylic oxidation sites excluding steroid dienone is 2. The molecule has 2 aliphatic rings. The minimum absolute atomic E-state index is 0.0475. The van der Waals surface area contributed by atoms with Crippen LogP contribution in [-0.4, -0.2) is 41.8 Å². The highest BCUT2D eigenvalue weighted by Crippen LogP contribution is 2.49. The number of fused-ring (bicyclic) bond motifs is 2. The van der Waals surface area contributed by atoms with E-state index < -0.39 is 23.0 Å². The lowest BCUT2D eigenvalue weighted by Gasteiger charge is -2.50. The molecule has 1 fully saturated rings. The van der Waals surface area contributed by atoms with Crippen molar-refractivity contribution in [3.05, 3.63) is 24.3 Å². The molecule has 122 valence electrons. The number of hydrogen-bond donors (Lipinski definition) is 1. The summed E-state index contributed by atoms with van der Waals surface area (Å²) in [5.41, 5.74) is -1.56. The van der Waals surface area contributed by atoms with Crippen molar-refractivity contribution in [2.45, 2.75) is 45.3 Å². The zero-order valence-corrected chi connectivity index (χ0v) is 13.4. The molecule has 2 rings (SSSR count). The first-order valence-electron chi connectivity index (χ1n) is 7.61. The topological polar surface area (TPSA) is 72.8 Å². The molecule has 5 heteroatoms. The van der Waals surface area contributed by atoms with E-state index in [1.54, 1.807) is 26.0 Å². The maximum Gasteiger partial charge on any atom is 0.180 e. The fourth-order valence-corrected chi connectivity index (χ4v) is 3.27. The smallest absolute Gasteiger partial charge is 0.180 e. The van der Waals surface area contributed by atoms with E-state index in [9.17, 15) is 14.7 Å². The molecule has 0 aromatic heterocycles. The van der Waals surface area contributed by atoms with Gasteiger partial charge in [0.15, 0.2) is 17.2 Å². The Morgan fingerprint density at radius 3 is 2.73 bits per heavy atom. The van der Waals surface area contributed by atoms with Gasteiger partial charge in [-0.3, -0.25) is 9.59 Å². The van der Waals surface area contributed by atoms with Crippen molar-refractivity contribution in [2.24, 2.45) is 11.3 Å². The van der Waals surface area contributed by atoms with Gasteiger partial charge in [0.2, 0.25) is 0 Å². The summed E-state index contributed by atoms with van der Waals surface area (Å²) in [5.74, 6) is -1.40. The summed E-state index contributed by atoms with van der Waals surface area (Å²) < 4.78 is 10.9. The van der Waals surface area contributed by atoms with Gasteiger partial charge in [0.25, 0.3) is 0 Å². The summed E-state index contributed by atoms with van der Waals surface area (Å²) in [5, 5.41) is 10.4. The summed E-state index contributed by atoms with van der Waals surface area (Å²) in [7, 11) is 0. The van der Waals surface area contributed by atoms with Crippen LogP contribution in [0.5, 0.6) is 0 Å². The molecule has 1 N–H and O–H groups in total. The van der Waals surface area contributed by atoms with Crippen LogP contribution in [0.2, 0.25) is 0 Å². The van der Waals surface area contributed by atoms with Crippen LogP contribution in [0.25, 0.3) is 0 Å².